The quantitative estimate of drug-likeness (QED) is 0.881. The van der Waals surface area contributed by atoms with Crippen LogP contribution in [0.1, 0.15) is 30.5 Å². The van der Waals surface area contributed by atoms with Gasteiger partial charge in [-0.2, -0.15) is 0 Å². The predicted octanol–water partition coefficient (Wildman–Crippen LogP) is 3.73. The van der Waals surface area contributed by atoms with E-state index in [0.717, 1.165) is 13.0 Å². The molecule has 2 rings (SSSR count). The Hall–Kier alpha value is -1.80. The van der Waals surface area contributed by atoms with Crippen LogP contribution in [0.15, 0.2) is 54.6 Å². The minimum atomic E-state index is 0.147. The largest absolute Gasteiger partial charge is 0.370 e. The minimum Gasteiger partial charge on any atom is -0.370 e. The molecule has 0 aliphatic heterocycles. The number of nitrogens with two attached hydrogens (primary N) is 1. The van der Waals surface area contributed by atoms with Crippen LogP contribution in [0.3, 0.4) is 0 Å². The molecule has 0 fully saturated rings. The van der Waals surface area contributed by atoms with Gasteiger partial charge in [-0.25, -0.2) is 0 Å². The number of hydrogen-bond donors (Lipinski definition) is 1. The zero-order valence-corrected chi connectivity index (χ0v) is 11.7. The Kier molecular flexibility index (Phi) is 4.58. The van der Waals surface area contributed by atoms with Gasteiger partial charge >= 0.3 is 0 Å². The van der Waals surface area contributed by atoms with Gasteiger partial charge in [0.1, 0.15) is 0 Å². The normalized spacial score (nSPS) is 12.2. The summed E-state index contributed by atoms with van der Waals surface area (Å²) in [6.07, 6.45) is 0.971. The van der Waals surface area contributed by atoms with E-state index in [1.165, 1.54) is 16.8 Å². The van der Waals surface area contributed by atoms with E-state index < -0.39 is 0 Å². The van der Waals surface area contributed by atoms with Crippen LogP contribution in [0.2, 0.25) is 0 Å². The van der Waals surface area contributed by atoms with E-state index in [9.17, 15) is 0 Å². The van der Waals surface area contributed by atoms with Gasteiger partial charge in [0.05, 0.1) is 0 Å². The van der Waals surface area contributed by atoms with Crippen LogP contribution in [0.25, 0.3) is 0 Å². The summed E-state index contributed by atoms with van der Waals surface area (Å²) in [5, 5.41) is 0. The molecule has 1 atom stereocenters. The van der Waals surface area contributed by atoms with Crippen molar-refractivity contribution >= 4 is 5.69 Å². The van der Waals surface area contributed by atoms with E-state index in [-0.39, 0.29) is 6.04 Å². The van der Waals surface area contributed by atoms with Crippen molar-refractivity contribution in [2.45, 2.75) is 25.9 Å². The molecule has 0 spiro atoms. The number of anilines is 1. The molecule has 2 N–H and O–H groups in total. The van der Waals surface area contributed by atoms with Crippen LogP contribution in [-0.2, 0) is 6.54 Å². The molecule has 0 aliphatic rings. The molecule has 100 valence electrons. The lowest BCUT2D eigenvalue weighted by Crippen LogP contribution is -2.16. The molecule has 0 saturated heterocycles. The molecule has 2 nitrogen and oxygen atoms in total. The van der Waals surface area contributed by atoms with Gasteiger partial charge in [-0.1, -0.05) is 49.4 Å². The molecule has 0 unspecified atom stereocenters. The molecule has 0 bridgehead atoms. The van der Waals surface area contributed by atoms with E-state index >= 15 is 0 Å². The SMILES string of the molecule is CC[C@@H](N)c1ccc(N(C)Cc2ccccc2)cc1. The van der Waals surface area contributed by atoms with E-state index in [1.807, 2.05) is 6.07 Å². The van der Waals surface area contributed by atoms with Gasteiger partial charge in [0, 0.05) is 25.3 Å². The molecule has 2 aromatic carbocycles. The monoisotopic (exact) mass is 254 g/mol. The lowest BCUT2D eigenvalue weighted by molar-refractivity contribution is 0.698. The van der Waals surface area contributed by atoms with Crippen molar-refractivity contribution in [3.63, 3.8) is 0 Å². The Morgan fingerprint density at radius 2 is 1.63 bits per heavy atom. The highest BCUT2D eigenvalue weighted by molar-refractivity contribution is 5.47. The second-order valence-electron chi connectivity index (χ2n) is 4.95. The third-order valence-electron chi connectivity index (χ3n) is 3.46. The fourth-order valence-electron chi connectivity index (χ4n) is 2.16. The van der Waals surface area contributed by atoms with Gasteiger partial charge < -0.3 is 10.6 Å². The highest BCUT2D eigenvalue weighted by atomic mass is 15.1. The molecule has 0 aliphatic carbocycles. The molecule has 0 amide bonds. The Morgan fingerprint density at radius 3 is 2.21 bits per heavy atom. The highest BCUT2D eigenvalue weighted by Crippen LogP contribution is 2.20. The predicted molar refractivity (Wildman–Crippen MR) is 82.2 cm³/mol. The number of rotatable bonds is 5. The summed E-state index contributed by atoms with van der Waals surface area (Å²) in [6, 6.07) is 19.2. The van der Waals surface area contributed by atoms with Gasteiger partial charge in [-0.3, -0.25) is 0 Å². The molecule has 2 aromatic rings. The zero-order valence-electron chi connectivity index (χ0n) is 11.7. The van der Waals surface area contributed by atoms with Crippen LogP contribution in [0.5, 0.6) is 0 Å². The average molecular weight is 254 g/mol. The van der Waals surface area contributed by atoms with Crippen molar-refractivity contribution in [1.82, 2.24) is 0 Å². The molecule has 0 saturated carbocycles. The first kappa shape index (κ1) is 13.6. The maximum atomic E-state index is 6.03. The minimum absolute atomic E-state index is 0.147. The Bertz CT molecular complexity index is 490. The van der Waals surface area contributed by atoms with Gasteiger partial charge in [0.15, 0.2) is 0 Å². The standard InChI is InChI=1S/C17H22N2/c1-3-17(18)15-9-11-16(12-10-15)19(2)13-14-7-5-4-6-8-14/h4-12,17H,3,13,18H2,1-2H3/t17-/m1/s1. The van der Waals surface area contributed by atoms with Crippen molar-refractivity contribution in [3.05, 3.63) is 65.7 Å². The first-order valence-electron chi connectivity index (χ1n) is 6.81. The maximum absolute atomic E-state index is 6.03. The topological polar surface area (TPSA) is 29.3 Å². The van der Waals surface area contributed by atoms with E-state index in [0.29, 0.717) is 0 Å². The summed E-state index contributed by atoms with van der Waals surface area (Å²) in [5.74, 6) is 0. The molecule has 0 aromatic heterocycles. The smallest absolute Gasteiger partial charge is 0.0426 e. The lowest BCUT2D eigenvalue weighted by Gasteiger charge is -2.20. The van der Waals surface area contributed by atoms with Crippen LogP contribution in [0.4, 0.5) is 5.69 Å². The second-order valence-corrected chi connectivity index (χ2v) is 4.95. The van der Waals surface area contributed by atoms with Crippen LogP contribution in [-0.4, -0.2) is 7.05 Å². The molecular weight excluding hydrogens is 232 g/mol. The van der Waals surface area contributed by atoms with Crippen molar-refractivity contribution in [3.8, 4) is 0 Å². The molecular formula is C17H22N2. The highest BCUT2D eigenvalue weighted by Gasteiger charge is 2.05. The molecule has 0 heterocycles. The van der Waals surface area contributed by atoms with Crippen molar-refractivity contribution in [1.29, 1.82) is 0 Å². The second kappa shape index (κ2) is 6.39. The number of hydrogen-bond acceptors (Lipinski definition) is 2. The van der Waals surface area contributed by atoms with E-state index in [2.05, 4.69) is 67.4 Å². The third-order valence-corrected chi connectivity index (χ3v) is 3.46. The fourth-order valence-corrected chi connectivity index (χ4v) is 2.16. The molecule has 19 heavy (non-hydrogen) atoms. The maximum Gasteiger partial charge on any atom is 0.0426 e. The first-order valence-corrected chi connectivity index (χ1v) is 6.81. The summed E-state index contributed by atoms with van der Waals surface area (Å²) < 4.78 is 0. The van der Waals surface area contributed by atoms with Crippen LogP contribution in [0, 0.1) is 0 Å². The summed E-state index contributed by atoms with van der Waals surface area (Å²) in [4.78, 5) is 2.25. The summed E-state index contributed by atoms with van der Waals surface area (Å²) in [5.41, 5.74) is 9.78. The lowest BCUT2D eigenvalue weighted by atomic mass is 10.1. The van der Waals surface area contributed by atoms with Crippen molar-refractivity contribution in [2.75, 3.05) is 11.9 Å². The summed E-state index contributed by atoms with van der Waals surface area (Å²) in [6.45, 7) is 3.03. The Morgan fingerprint density at radius 1 is 1.00 bits per heavy atom. The van der Waals surface area contributed by atoms with Crippen molar-refractivity contribution in [2.24, 2.45) is 5.73 Å². The number of nitrogens with zero attached hydrogens (tertiary/aromatic N) is 1. The van der Waals surface area contributed by atoms with E-state index in [1.54, 1.807) is 0 Å². The molecule has 2 heteroatoms. The molecule has 0 radical (unpaired) electrons. The fraction of sp³-hybridized carbons (Fsp3) is 0.294. The number of benzene rings is 2. The van der Waals surface area contributed by atoms with Gasteiger partial charge in [-0.05, 0) is 29.7 Å². The van der Waals surface area contributed by atoms with Crippen molar-refractivity contribution < 1.29 is 0 Å². The first-order chi connectivity index (χ1) is 9.20. The van der Waals surface area contributed by atoms with E-state index in [4.69, 9.17) is 5.73 Å². The van der Waals surface area contributed by atoms with Crippen LogP contribution >= 0.6 is 0 Å². The van der Waals surface area contributed by atoms with Crippen LogP contribution < -0.4 is 10.6 Å². The zero-order chi connectivity index (χ0) is 13.7. The average Bonchev–Trinajstić information content (AvgIpc) is 2.47. The summed E-state index contributed by atoms with van der Waals surface area (Å²) in [7, 11) is 2.11. The van der Waals surface area contributed by atoms with Gasteiger partial charge in [0.2, 0.25) is 0 Å². The Labute approximate surface area is 115 Å². The Balaban J connectivity index is 2.05. The summed E-state index contributed by atoms with van der Waals surface area (Å²) >= 11 is 0. The third kappa shape index (κ3) is 3.58. The van der Waals surface area contributed by atoms with Gasteiger partial charge in [-0.15, -0.1) is 0 Å². The van der Waals surface area contributed by atoms with Gasteiger partial charge in [0.25, 0.3) is 0 Å².